The van der Waals surface area contributed by atoms with E-state index in [4.69, 9.17) is 9.84 Å². The third kappa shape index (κ3) is 5.92. The smallest absolute Gasteiger partial charge is 0.407 e. The molecule has 0 aliphatic carbocycles. The molecule has 1 saturated heterocycles. The van der Waals surface area contributed by atoms with Crippen molar-refractivity contribution in [2.24, 2.45) is 11.8 Å². The summed E-state index contributed by atoms with van der Waals surface area (Å²) in [5, 5.41) is 11.6. The Morgan fingerprint density at radius 2 is 1.89 bits per heavy atom. The molecule has 1 amide bonds. The number of likely N-dealkylation sites (tertiary alicyclic amines) is 1. The molecule has 0 saturated carbocycles. The minimum Gasteiger partial charge on any atom is -0.481 e. The summed E-state index contributed by atoms with van der Waals surface area (Å²) in [6.07, 6.45) is -0.304. The topological polar surface area (TPSA) is 78.9 Å². The van der Waals surface area contributed by atoms with Crippen LogP contribution in [0.3, 0.4) is 0 Å². The van der Waals surface area contributed by atoms with Crippen LogP contribution in [0, 0.1) is 11.8 Å². The van der Waals surface area contributed by atoms with Gasteiger partial charge >= 0.3 is 12.1 Å². The van der Waals surface area contributed by atoms with Gasteiger partial charge in [0.05, 0.1) is 0 Å². The molecule has 0 aromatic rings. The molecule has 110 valence electrons. The Balaban J connectivity index is 2.42. The number of hydrogen-bond acceptors (Lipinski definition) is 4. The fourth-order valence-electron chi connectivity index (χ4n) is 2.39. The van der Waals surface area contributed by atoms with Crippen molar-refractivity contribution in [3.63, 3.8) is 0 Å². The number of ether oxygens (including phenoxy) is 1. The maximum absolute atomic E-state index is 11.6. The van der Waals surface area contributed by atoms with Crippen LogP contribution >= 0.6 is 0 Å². The summed E-state index contributed by atoms with van der Waals surface area (Å²) in [5.41, 5.74) is -0.517. The zero-order valence-corrected chi connectivity index (χ0v) is 12.1. The van der Waals surface area contributed by atoms with Crippen molar-refractivity contribution >= 4 is 12.1 Å². The van der Waals surface area contributed by atoms with E-state index in [0.29, 0.717) is 6.54 Å². The van der Waals surface area contributed by atoms with E-state index in [1.807, 2.05) is 27.8 Å². The minimum atomic E-state index is -0.789. The Morgan fingerprint density at radius 1 is 1.32 bits per heavy atom. The van der Waals surface area contributed by atoms with Gasteiger partial charge in [0.2, 0.25) is 0 Å². The van der Waals surface area contributed by atoms with E-state index in [0.717, 1.165) is 13.1 Å². The van der Waals surface area contributed by atoms with E-state index < -0.39 is 17.7 Å². The van der Waals surface area contributed by atoms with Gasteiger partial charge in [0.1, 0.15) is 5.60 Å². The lowest BCUT2D eigenvalue weighted by molar-refractivity contribution is -0.138. The summed E-state index contributed by atoms with van der Waals surface area (Å²) in [6.45, 7) is 7.44. The molecule has 0 bridgehead atoms. The number of aliphatic carboxylic acids is 1. The van der Waals surface area contributed by atoms with E-state index in [2.05, 4.69) is 10.2 Å². The second kappa shape index (κ2) is 6.23. The summed E-state index contributed by atoms with van der Waals surface area (Å²) in [7, 11) is 1.96. The first-order valence-corrected chi connectivity index (χ1v) is 6.54. The van der Waals surface area contributed by atoms with Crippen LogP contribution in [0.4, 0.5) is 4.79 Å². The number of nitrogens with zero attached hydrogens (tertiary/aromatic N) is 1. The molecule has 0 spiro atoms. The number of rotatable bonds is 4. The molecule has 1 rings (SSSR count). The summed E-state index contributed by atoms with van der Waals surface area (Å²) in [6, 6.07) is 0. The monoisotopic (exact) mass is 272 g/mol. The van der Waals surface area contributed by atoms with Gasteiger partial charge in [-0.15, -0.1) is 0 Å². The van der Waals surface area contributed by atoms with Crippen LogP contribution in [0.2, 0.25) is 0 Å². The van der Waals surface area contributed by atoms with Gasteiger partial charge in [0.15, 0.2) is 0 Å². The van der Waals surface area contributed by atoms with Gasteiger partial charge in [-0.1, -0.05) is 0 Å². The predicted molar refractivity (Wildman–Crippen MR) is 71.0 cm³/mol. The molecule has 19 heavy (non-hydrogen) atoms. The van der Waals surface area contributed by atoms with Gasteiger partial charge in [0, 0.05) is 26.1 Å². The Kier molecular flexibility index (Phi) is 5.17. The molecule has 1 fully saturated rings. The SMILES string of the molecule is CN1C[C@@H](CNC(=O)OC(C)(C)C)[C@@H](CC(=O)O)C1. The van der Waals surface area contributed by atoms with Crippen molar-refractivity contribution in [2.75, 3.05) is 26.7 Å². The fourth-order valence-corrected chi connectivity index (χ4v) is 2.39. The number of hydrogen-bond donors (Lipinski definition) is 2. The van der Waals surface area contributed by atoms with Crippen molar-refractivity contribution in [1.82, 2.24) is 10.2 Å². The van der Waals surface area contributed by atoms with Crippen molar-refractivity contribution in [1.29, 1.82) is 0 Å². The van der Waals surface area contributed by atoms with E-state index in [1.54, 1.807) is 0 Å². The number of carboxylic acid groups (broad SMARTS) is 1. The minimum absolute atomic E-state index is 0.0810. The fraction of sp³-hybridized carbons (Fsp3) is 0.846. The molecule has 0 radical (unpaired) electrons. The van der Waals surface area contributed by atoms with E-state index in [1.165, 1.54) is 0 Å². The number of alkyl carbamates (subject to hydrolysis) is 1. The number of carbonyl (C=O) groups excluding carboxylic acids is 1. The van der Waals surface area contributed by atoms with Crippen LogP contribution in [-0.2, 0) is 9.53 Å². The molecule has 1 aliphatic rings. The molecule has 1 heterocycles. The lowest BCUT2D eigenvalue weighted by Gasteiger charge is -2.22. The molecule has 0 aromatic carbocycles. The lowest BCUT2D eigenvalue weighted by Crippen LogP contribution is -2.37. The van der Waals surface area contributed by atoms with Gasteiger partial charge in [-0.2, -0.15) is 0 Å². The number of nitrogens with one attached hydrogen (secondary N) is 1. The number of carboxylic acids is 1. The van der Waals surface area contributed by atoms with Crippen LogP contribution < -0.4 is 5.32 Å². The van der Waals surface area contributed by atoms with Crippen molar-refractivity contribution in [3.05, 3.63) is 0 Å². The third-order valence-electron chi connectivity index (χ3n) is 3.10. The maximum Gasteiger partial charge on any atom is 0.407 e. The second-order valence-corrected chi connectivity index (χ2v) is 6.22. The standard InChI is InChI=1S/C13H24N2O4/c1-13(2,3)19-12(18)14-6-10-8-15(4)7-9(10)5-11(16)17/h9-10H,5-8H2,1-4H3,(H,14,18)(H,16,17)/t9-,10+/m0/s1. The largest absolute Gasteiger partial charge is 0.481 e. The summed E-state index contributed by atoms with van der Waals surface area (Å²) >= 11 is 0. The molecule has 0 aromatic heterocycles. The highest BCUT2D eigenvalue weighted by molar-refractivity contribution is 5.68. The Morgan fingerprint density at radius 3 is 2.42 bits per heavy atom. The van der Waals surface area contributed by atoms with Crippen molar-refractivity contribution in [2.45, 2.75) is 32.8 Å². The molecule has 6 nitrogen and oxygen atoms in total. The van der Waals surface area contributed by atoms with Gasteiger partial charge in [-0.25, -0.2) is 4.79 Å². The molecule has 6 heteroatoms. The lowest BCUT2D eigenvalue weighted by atomic mass is 9.93. The van der Waals surface area contributed by atoms with Crippen LogP contribution in [0.1, 0.15) is 27.2 Å². The van der Waals surface area contributed by atoms with Gasteiger partial charge in [-0.3, -0.25) is 4.79 Å². The van der Waals surface area contributed by atoms with Gasteiger partial charge in [-0.05, 0) is 39.7 Å². The van der Waals surface area contributed by atoms with Gasteiger partial charge in [0.25, 0.3) is 0 Å². The summed E-state index contributed by atoms with van der Waals surface area (Å²) in [4.78, 5) is 24.5. The molecule has 2 N–H and O–H groups in total. The second-order valence-electron chi connectivity index (χ2n) is 6.22. The highest BCUT2D eigenvalue weighted by atomic mass is 16.6. The van der Waals surface area contributed by atoms with E-state index in [-0.39, 0.29) is 18.3 Å². The number of amides is 1. The van der Waals surface area contributed by atoms with E-state index >= 15 is 0 Å². The molecular weight excluding hydrogens is 248 g/mol. The molecule has 2 atom stereocenters. The van der Waals surface area contributed by atoms with Crippen LogP contribution in [0.15, 0.2) is 0 Å². The number of carbonyl (C=O) groups is 2. The van der Waals surface area contributed by atoms with Crippen LogP contribution in [0.5, 0.6) is 0 Å². The zero-order valence-electron chi connectivity index (χ0n) is 12.1. The average molecular weight is 272 g/mol. The highest BCUT2D eigenvalue weighted by Gasteiger charge is 2.32. The predicted octanol–water partition coefficient (Wildman–Crippen LogP) is 1.16. The summed E-state index contributed by atoms with van der Waals surface area (Å²) < 4.78 is 5.16. The zero-order chi connectivity index (χ0) is 14.6. The van der Waals surface area contributed by atoms with Crippen LogP contribution in [-0.4, -0.2) is 54.4 Å². The van der Waals surface area contributed by atoms with Crippen LogP contribution in [0.25, 0.3) is 0 Å². The van der Waals surface area contributed by atoms with Crippen molar-refractivity contribution in [3.8, 4) is 0 Å². The van der Waals surface area contributed by atoms with Crippen molar-refractivity contribution < 1.29 is 19.4 Å². The molecule has 0 unspecified atom stereocenters. The Hall–Kier alpha value is -1.30. The normalized spacial score (nSPS) is 24.2. The first kappa shape index (κ1) is 15.8. The Bertz CT molecular complexity index is 338. The molecular formula is C13H24N2O4. The summed E-state index contributed by atoms with van der Waals surface area (Å²) in [5.74, 6) is -0.548. The van der Waals surface area contributed by atoms with E-state index in [9.17, 15) is 9.59 Å². The highest BCUT2D eigenvalue weighted by Crippen LogP contribution is 2.24. The maximum atomic E-state index is 11.6. The first-order chi connectivity index (χ1) is 8.67. The average Bonchev–Trinajstić information content (AvgIpc) is 2.52. The quantitative estimate of drug-likeness (QED) is 0.803. The molecule has 1 aliphatic heterocycles. The van der Waals surface area contributed by atoms with Gasteiger partial charge < -0.3 is 20.1 Å². The Labute approximate surface area is 114 Å². The first-order valence-electron chi connectivity index (χ1n) is 6.54. The third-order valence-corrected chi connectivity index (χ3v) is 3.10.